The summed E-state index contributed by atoms with van der Waals surface area (Å²) < 4.78 is 0. The number of rotatable bonds is 9. The van der Waals surface area contributed by atoms with Crippen LogP contribution in [0, 0.1) is 0 Å². The molecule has 1 heterocycles. The molecule has 1 aliphatic rings. The summed E-state index contributed by atoms with van der Waals surface area (Å²) in [7, 11) is 0. The molecule has 0 bridgehead atoms. The Morgan fingerprint density at radius 1 is 0.966 bits per heavy atom. The second-order valence-electron chi connectivity index (χ2n) is 7.45. The molecule has 1 saturated heterocycles. The van der Waals surface area contributed by atoms with Gasteiger partial charge in [0.1, 0.15) is 6.54 Å². The summed E-state index contributed by atoms with van der Waals surface area (Å²) in [6.45, 7) is 10.3. The Morgan fingerprint density at radius 3 is 2.14 bits per heavy atom. The second kappa shape index (κ2) is 11.6. The van der Waals surface area contributed by atoms with Crippen molar-refractivity contribution in [3.8, 4) is 0 Å². The molecule has 1 aromatic carbocycles. The Labute approximate surface area is 174 Å². The van der Waals surface area contributed by atoms with Crippen LogP contribution in [-0.2, 0) is 9.59 Å². The maximum atomic E-state index is 13.1. The topological polar surface area (TPSA) is 73.0 Å². The highest BCUT2D eigenvalue weighted by molar-refractivity contribution is 5.97. The number of amides is 3. The molecule has 1 fully saturated rings. The number of carbonyl (C=O) groups excluding carboxylic acids is 3. The van der Waals surface area contributed by atoms with Crippen LogP contribution in [0.2, 0.25) is 0 Å². The van der Waals surface area contributed by atoms with Crippen molar-refractivity contribution in [2.45, 2.75) is 40.0 Å². The monoisotopic (exact) mass is 402 g/mol. The van der Waals surface area contributed by atoms with Gasteiger partial charge in [-0.1, -0.05) is 13.8 Å². The van der Waals surface area contributed by atoms with Crippen LogP contribution in [0.5, 0.6) is 0 Å². The van der Waals surface area contributed by atoms with Crippen LogP contribution in [0.1, 0.15) is 50.4 Å². The van der Waals surface area contributed by atoms with E-state index in [0.717, 1.165) is 52.0 Å². The summed E-state index contributed by atoms with van der Waals surface area (Å²) in [6, 6.07) is 6.82. The van der Waals surface area contributed by atoms with E-state index in [1.54, 1.807) is 29.2 Å². The smallest absolute Gasteiger partial charge is 0.254 e. The highest BCUT2D eigenvalue weighted by Gasteiger charge is 2.23. The predicted molar refractivity (Wildman–Crippen MR) is 115 cm³/mol. The van der Waals surface area contributed by atoms with E-state index >= 15 is 0 Å². The molecule has 7 heteroatoms. The molecule has 0 saturated carbocycles. The standard InChI is InChI=1S/C22H34N4O3/c1-4-24(5-2)15-16-26(17-21(28)25-13-7-6-8-14-25)22(29)19-9-11-20(12-10-19)23-18(3)27/h9-12H,4-8,13-17H2,1-3H3,(H,23,27). The molecule has 7 nitrogen and oxygen atoms in total. The van der Waals surface area contributed by atoms with Crippen LogP contribution in [-0.4, -0.2) is 78.2 Å². The average Bonchev–Trinajstić information content (AvgIpc) is 2.73. The van der Waals surface area contributed by atoms with Gasteiger partial charge in [0.25, 0.3) is 5.91 Å². The van der Waals surface area contributed by atoms with Gasteiger partial charge in [0.2, 0.25) is 11.8 Å². The number of hydrogen-bond donors (Lipinski definition) is 1. The first-order chi connectivity index (χ1) is 13.9. The molecule has 0 radical (unpaired) electrons. The van der Waals surface area contributed by atoms with E-state index in [2.05, 4.69) is 24.1 Å². The average molecular weight is 403 g/mol. The summed E-state index contributed by atoms with van der Waals surface area (Å²) in [5, 5.41) is 2.70. The van der Waals surface area contributed by atoms with E-state index in [1.807, 2.05) is 4.90 Å². The second-order valence-corrected chi connectivity index (χ2v) is 7.45. The van der Waals surface area contributed by atoms with Gasteiger partial charge in [-0.15, -0.1) is 0 Å². The molecular formula is C22H34N4O3. The van der Waals surface area contributed by atoms with Gasteiger partial charge < -0.3 is 20.0 Å². The zero-order chi connectivity index (χ0) is 21.2. The first-order valence-electron chi connectivity index (χ1n) is 10.6. The van der Waals surface area contributed by atoms with Gasteiger partial charge in [0.05, 0.1) is 0 Å². The third kappa shape index (κ3) is 7.16. The molecule has 29 heavy (non-hydrogen) atoms. The van der Waals surface area contributed by atoms with Crippen molar-refractivity contribution in [1.29, 1.82) is 0 Å². The fraction of sp³-hybridized carbons (Fsp3) is 0.591. The zero-order valence-corrected chi connectivity index (χ0v) is 17.9. The lowest BCUT2D eigenvalue weighted by atomic mass is 10.1. The van der Waals surface area contributed by atoms with Crippen LogP contribution >= 0.6 is 0 Å². The number of carbonyl (C=O) groups is 3. The fourth-order valence-corrected chi connectivity index (χ4v) is 3.54. The van der Waals surface area contributed by atoms with E-state index in [4.69, 9.17) is 0 Å². The van der Waals surface area contributed by atoms with Crippen molar-refractivity contribution in [3.63, 3.8) is 0 Å². The SMILES string of the molecule is CCN(CC)CCN(CC(=O)N1CCCCC1)C(=O)c1ccc(NC(C)=O)cc1. The molecule has 3 amide bonds. The molecule has 1 aromatic rings. The highest BCUT2D eigenvalue weighted by atomic mass is 16.2. The van der Waals surface area contributed by atoms with Crippen LogP contribution in [0.15, 0.2) is 24.3 Å². The summed E-state index contributed by atoms with van der Waals surface area (Å²) in [6.07, 6.45) is 3.22. The van der Waals surface area contributed by atoms with Gasteiger partial charge in [0, 0.05) is 44.4 Å². The van der Waals surface area contributed by atoms with E-state index < -0.39 is 0 Å². The van der Waals surface area contributed by atoms with Crippen molar-refractivity contribution in [1.82, 2.24) is 14.7 Å². The number of likely N-dealkylation sites (tertiary alicyclic amines) is 1. The molecular weight excluding hydrogens is 368 g/mol. The van der Waals surface area contributed by atoms with Gasteiger partial charge >= 0.3 is 0 Å². The number of nitrogens with zero attached hydrogens (tertiary/aromatic N) is 3. The van der Waals surface area contributed by atoms with E-state index in [1.165, 1.54) is 6.92 Å². The Balaban J connectivity index is 2.10. The normalized spacial score (nSPS) is 14.0. The molecule has 0 spiro atoms. The Bertz CT molecular complexity index is 680. The minimum Gasteiger partial charge on any atom is -0.341 e. The van der Waals surface area contributed by atoms with Crippen molar-refractivity contribution in [2.24, 2.45) is 0 Å². The largest absolute Gasteiger partial charge is 0.341 e. The third-order valence-electron chi connectivity index (χ3n) is 5.35. The fourth-order valence-electron chi connectivity index (χ4n) is 3.54. The maximum absolute atomic E-state index is 13.1. The molecule has 160 valence electrons. The first-order valence-corrected chi connectivity index (χ1v) is 10.6. The quantitative estimate of drug-likeness (QED) is 0.689. The van der Waals surface area contributed by atoms with Crippen LogP contribution < -0.4 is 5.32 Å². The molecule has 1 aliphatic heterocycles. The van der Waals surface area contributed by atoms with Gasteiger partial charge in [-0.2, -0.15) is 0 Å². The molecule has 0 aliphatic carbocycles. The summed E-state index contributed by atoms with van der Waals surface area (Å²) >= 11 is 0. The summed E-state index contributed by atoms with van der Waals surface area (Å²) in [5.41, 5.74) is 1.17. The number of nitrogens with one attached hydrogen (secondary N) is 1. The third-order valence-corrected chi connectivity index (χ3v) is 5.35. The van der Waals surface area contributed by atoms with E-state index in [9.17, 15) is 14.4 Å². The van der Waals surface area contributed by atoms with Gasteiger partial charge in [-0.3, -0.25) is 14.4 Å². The Morgan fingerprint density at radius 2 is 1.59 bits per heavy atom. The first kappa shape index (κ1) is 22.9. The van der Waals surface area contributed by atoms with Gasteiger partial charge in [-0.05, 0) is 56.6 Å². The minimum atomic E-state index is -0.156. The number of likely N-dealkylation sites (N-methyl/N-ethyl adjacent to an activating group) is 1. The minimum absolute atomic E-state index is 0.0208. The van der Waals surface area contributed by atoms with Crippen molar-refractivity contribution in [3.05, 3.63) is 29.8 Å². The summed E-state index contributed by atoms with van der Waals surface area (Å²) in [5.74, 6) is -0.290. The van der Waals surface area contributed by atoms with Gasteiger partial charge in [0.15, 0.2) is 0 Å². The van der Waals surface area contributed by atoms with Crippen LogP contribution in [0.4, 0.5) is 5.69 Å². The van der Waals surface area contributed by atoms with E-state index in [-0.39, 0.29) is 24.3 Å². The number of piperidine rings is 1. The Kier molecular flexibility index (Phi) is 9.12. The highest BCUT2D eigenvalue weighted by Crippen LogP contribution is 2.14. The molecule has 1 N–H and O–H groups in total. The summed E-state index contributed by atoms with van der Waals surface area (Å²) in [4.78, 5) is 42.9. The number of anilines is 1. The lowest BCUT2D eigenvalue weighted by Crippen LogP contribution is -2.47. The number of hydrogen-bond acceptors (Lipinski definition) is 4. The van der Waals surface area contributed by atoms with Gasteiger partial charge in [-0.25, -0.2) is 0 Å². The molecule has 0 unspecified atom stereocenters. The van der Waals surface area contributed by atoms with Crippen LogP contribution in [0.25, 0.3) is 0 Å². The van der Waals surface area contributed by atoms with Crippen LogP contribution in [0.3, 0.4) is 0 Å². The maximum Gasteiger partial charge on any atom is 0.254 e. The predicted octanol–water partition coefficient (Wildman–Crippen LogP) is 2.44. The lowest BCUT2D eigenvalue weighted by Gasteiger charge is -2.31. The number of benzene rings is 1. The molecule has 0 aromatic heterocycles. The van der Waals surface area contributed by atoms with Crippen molar-refractivity contribution in [2.75, 3.05) is 51.1 Å². The van der Waals surface area contributed by atoms with Crippen molar-refractivity contribution < 1.29 is 14.4 Å². The van der Waals surface area contributed by atoms with E-state index in [0.29, 0.717) is 17.8 Å². The zero-order valence-electron chi connectivity index (χ0n) is 17.9. The molecule has 0 atom stereocenters. The van der Waals surface area contributed by atoms with Crippen molar-refractivity contribution >= 4 is 23.4 Å². The Hall–Kier alpha value is -2.41. The molecule has 2 rings (SSSR count). The lowest BCUT2D eigenvalue weighted by molar-refractivity contribution is -0.132.